The monoisotopic (exact) mass is 267 g/mol. The van der Waals surface area contributed by atoms with Gasteiger partial charge in [-0.15, -0.1) is 0 Å². The van der Waals surface area contributed by atoms with Crippen LogP contribution in [0.15, 0.2) is 23.4 Å². The van der Waals surface area contributed by atoms with Crippen molar-refractivity contribution in [1.82, 2.24) is 5.32 Å². The van der Waals surface area contributed by atoms with Gasteiger partial charge >= 0.3 is 7.12 Å². The van der Waals surface area contributed by atoms with E-state index in [0.29, 0.717) is 25.6 Å². The Bertz CT molecular complexity index is 388. The lowest BCUT2D eigenvalue weighted by Crippen LogP contribution is -3.12. The van der Waals surface area contributed by atoms with Gasteiger partial charge in [0.05, 0.1) is 6.54 Å². The quantitative estimate of drug-likeness (QED) is 0.458. The Hall–Kier alpha value is -1.02. The molecule has 2 atom stereocenters. The van der Waals surface area contributed by atoms with Crippen LogP contribution < -0.4 is 16.1 Å². The molecule has 2 heterocycles. The van der Waals surface area contributed by atoms with E-state index in [9.17, 15) is 5.21 Å². The molecule has 19 heavy (non-hydrogen) atoms. The van der Waals surface area contributed by atoms with E-state index in [1.165, 1.54) is 0 Å². The molecule has 0 spiro atoms. The molecule has 0 bridgehead atoms. The molecule has 1 fully saturated rings. The van der Waals surface area contributed by atoms with Gasteiger partial charge in [-0.2, -0.15) is 0 Å². The number of hydroxylamine groups is 2. The first-order valence-corrected chi connectivity index (χ1v) is 6.63. The number of likely N-dealkylation sites (N-methyl/N-ethyl adjacent to an activating group) is 1. The van der Waals surface area contributed by atoms with Gasteiger partial charge in [-0.25, -0.2) is 0 Å². The lowest BCUT2D eigenvalue weighted by Gasteiger charge is -2.36. The molecule has 2 aliphatic rings. The van der Waals surface area contributed by atoms with Gasteiger partial charge in [0.25, 0.3) is 0 Å². The molecule has 0 aromatic rings. The highest BCUT2D eigenvalue weighted by molar-refractivity contribution is 6.55. The predicted molar refractivity (Wildman–Crippen MR) is 73.6 cm³/mol. The Balaban J connectivity index is 2.01. The molecular weight excluding hydrogens is 245 g/mol. The summed E-state index contributed by atoms with van der Waals surface area (Å²) in [4.78, 5) is 0. The molecule has 4 N–H and O–H groups in total. The van der Waals surface area contributed by atoms with E-state index in [1.807, 2.05) is 19.1 Å². The highest BCUT2D eigenvalue weighted by atomic mass is 16.6. The van der Waals surface area contributed by atoms with E-state index in [0.717, 1.165) is 5.47 Å². The third-order valence-corrected chi connectivity index (χ3v) is 3.29. The number of hydrogen-bond donors (Lipinski definition) is 3. The number of rotatable bonds is 3. The molecule has 7 heteroatoms. The number of nitrogens with two attached hydrogens (primary N) is 1. The highest BCUT2D eigenvalue weighted by Gasteiger charge is 2.36. The maximum atomic E-state index is 11.6. The topological polar surface area (TPSA) is 84.0 Å². The Morgan fingerprint density at radius 2 is 2.16 bits per heavy atom. The average Bonchev–Trinajstić information content (AvgIpc) is 2.38. The lowest BCUT2D eigenvalue weighted by molar-refractivity contribution is -0.869. The molecule has 2 unspecified atom stereocenters. The molecule has 2 aliphatic heterocycles. The van der Waals surface area contributed by atoms with Crippen LogP contribution in [0.2, 0.25) is 0 Å². The molecule has 6 nitrogen and oxygen atoms in total. The van der Waals surface area contributed by atoms with Crippen LogP contribution in [0.1, 0.15) is 20.8 Å². The van der Waals surface area contributed by atoms with Gasteiger partial charge in [0.1, 0.15) is 5.82 Å². The number of dihydropyridines is 1. The fourth-order valence-electron chi connectivity index (χ4n) is 2.07. The van der Waals surface area contributed by atoms with Crippen LogP contribution in [0.5, 0.6) is 0 Å². The van der Waals surface area contributed by atoms with Crippen molar-refractivity contribution in [2.24, 2.45) is 11.1 Å². The van der Waals surface area contributed by atoms with Crippen LogP contribution in [0.4, 0.5) is 0 Å². The number of hydrogen-bond acceptors (Lipinski definition) is 5. The van der Waals surface area contributed by atoms with Crippen LogP contribution in [-0.2, 0) is 9.31 Å². The summed E-state index contributed by atoms with van der Waals surface area (Å²) >= 11 is 0. The van der Waals surface area contributed by atoms with Crippen molar-refractivity contribution in [1.29, 1.82) is 0 Å². The summed E-state index contributed by atoms with van der Waals surface area (Å²) in [7, 11) is -0.450. The predicted octanol–water partition coefficient (Wildman–Crippen LogP) is -0.855. The minimum atomic E-state index is -0.450. The summed E-state index contributed by atoms with van der Waals surface area (Å²) in [6, 6.07) is 0. The first-order chi connectivity index (χ1) is 8.93. The van der Waals surface area contributed by atoms with Crippen molar-refractivity contribution in [3.8, 4) is 0 Å². The largest absolute Gasteiger partial charge is 0.633 e. The first kappa shape index (κ1) is 14.4. The molecule has 0 aliphatic carbocycles. The second kappa shape index (κ2) is 5.54. The van der Waals surface area contributed by atoms with E-state index >= 15 is 0 Å². The average molecular weight is 267 g/mol. The fourth-order valence-corrected chi connectivity index (χ4v) is 2.07. The van der Waals surface area contributed by atoms with Crippen molar-refractivity contribution in [2.45, 2.75) is 26.9 Å². The molecule has 106 valence electrons. The van der Waals surface area contributed by atoms with Crippen LogP contribution >= 0.6 is 0 Å². The molecule has 0 amide bonds. The van der Waals surface area contributed by atoms with Crippen LogP contribution in [-0.4, -0.2) is 33.0 Å². The van der Waals surface area contributed by atoms with Crippen molar-refractivity contribution in [3.05, 3.63) is 28.7 Å². The van der Waals surface area contributed by atoms with Gasteiger partial charge in [0, 0.05) is 24.1 Å². The zero-order valence-corrected chi connectivity index (χ0v) is 11.7. The molecule has 0 aromatic carbocycles. The molecule has 0 aromatic heterocycles. The summed E-state index contributed by atoms with van der Waals surface area (Å²) in [6.07, 6.45) is 3.30. The number of nitrogens with one attached hydrogen (secondary N) is 2. The zero-order valence-electron chi connectivity index (χ0n) is 11.7. The van der Waals surface area contributed by atoms with E-state index in [4.69, 9.17) is 15.0 Å². The molecule has 2 rings (SSSR count). The summed E-state index contributed by atoms with van der Waals surface area (Å²) in [6.45, 7) is 7.74. The second-order valence-corrected chi connectivity index (χ2v) is 5.79. The fraction of sp³-hybridized carbons (Fsp3) is 0.667. The third kappa shape index (κ3) is 3.30. The Morgan fingerprint density at radius 1 is 1.53 bits per heavy atom. The Kier molecular flexibility index (Phi) is 4.20. The summed E-state index contributed by atoms with van der Waals surface area (Å²) in [5.74, 6) is 0.457. The van der Waals surface area contributed by atoms with Crippen molar-refractivity contribution in [3.63, 3.8) is 0 Å². The number of allylic oxidation sites excluding steroid dienone is 2. The maximum absolute atomic E-state index is 11.6. The normalized spacial score (nSPS) is 28.2. The van der Waals surface area contributed by atoms with E-state index in [1.54, 1.807) is 0 Å². The zero-order chi connectivity index (χ0) is 14.0. The molecule has 0 saturated carbocycles. The van der Waals surface area contributed by atoms with Gasteiger partial charge in [0.2, 0.25) is 0 Å². The molecular formula is C12H22BN3O3. The SMILES string of the molecule is CC[NH+]([O-])C1C=CC(B2OCC(C)(C)CO2)=C(N)N1. The maximum Gasteiger partial charge on any atom is 0.497 e. The van der Waals surface area contributed by atoms with Crippen molar-refractivity contribution >= 4 is 7.12 Å². The lowest BCUT2D eigenvalue weighted by atomic mass is 9.74. The van der Waals surface area contributed by atoms with Crippen molar-refractivity contribution < 1.29 is 14.4 Å². The summed E-state index contributed by atoms with van der Waals surface area (Å²) < 4.78 is 11.4. The van der Waals surface area contributed by atoms with Crippen molar-refractivity contribution in [2.75, 3.05) is 19.8 Å². The number of quaternary nitrogens is 1. The second-order valence-electron chi connectivity index (χ2n) is 5.79. The summed E-state index contributed by atoms with van der Waals surface area (Å²) in [5, 5.41) is 14.7. The minimum Gasteiger partial charge on any atom is -0.633 e. The molecule has 1 saturated heterocycles. The van der Waals surface area contributed by atoms with Gasteiger partial charge in [0.15, 0.2) is 6.17 Å². The smallest absolute Gasteiger partial charge is 0.497 e. The van der Waals surface area contributed by atoms with E-state index < -0.39 is 7.12 Å². The Labute approximate surface area is 114 Å². The third-order valence-electron chi connectivity index (χ3n) is 3.29. The Morgan fingerprint density at radius 3 is 2.68 bits per heavy atom. The highest BCUT2D eigenvalue weighted by Crippen LogP contribution is 2.25. The van der Waals surface area contributed by atoms with Gasteiger partial charge < -0.3 is 30.6 Å². The minimum absolute atomic E-state index is 0.0261. The van der Waals surface area contributed by atoms with E-state index in [2.05, 4.69) is 19.2 Å². The van der Waals surface area contributed by atoms with E-state index in [-0.39, 0.29) is 16.6 Å². The van der Waals surface area contributed by atoms with Crippen LogP contribution in [0.3, 0.4) is 0 Å². The van der Waals surface area contributed by atoms with Crippen LogP contribution in [0.25, 0.3) is 0 Å². The molecule has 0 radical (unpaired) electrons. The summed E-state index contributed by atoms with van der Waals surface area (Å²) in [5.41, 5.74) is 6.75. The standard InChI is InChI=1S/C12H22BN3O3/c1-4-16(17)10-6-5-9(11(14)15-10)13-18-7-12(2,3)8-19-13/h5-6,10,15-16H,4,7-8,14H2,1-3H3. The van der Waals surface area contributed by atoms with Gasteiger partial charge in [-0.3, -0.25) is 0 Å². The van der Waals surface area contributed by atoms with Gasteiger partial charge in [-0.05, 0) is 13.0 Å². The first-order valence-electron chi connectivity index (χ1n) is 6.63. The van der Waals surface area contributed by atoms with Gasteiger partial charge in [-0.1, -0.05) is 19.9 Å². The van der Waals surface area contributed by atoms with Crippen LogP contribution in [0, 0.1) is 10.6 Å².